The van der Waals surface area contributed by atoms with Crippen LogP contribution >= 0.6 is 15.9 Å². The molecule has 1 fully saturated rings. The maximum Gasteiger partial charge on any atom is 0.227 e. The number of amides is 1. The van der Waals surface area contributed by atoms with Gasteiger partial charge in [-0.2, -0.15) is 0 Å². The topological polar surface area (TPSA) is 55.1 Å². The molecule has 0 aromatic heterocycles. The Bertz CT molecular complexity index is 391. The van der Waals surface area contributed by atoms with Crippen LogP contribution in [0.15, 0.2) is 28.7 Å². The van der Waals surface area contributed by atoms with E-state index in [1.54, 1.807) is 0 Å². The highest BCUT2D eigenvalue weighted by Gasteiger charge is 2.31. The Morgan fingerprint density at radius 3 is 2.71 bits per heavy atom. The van der Waals surface area contributed by atoms with E-state index in [-0.39, 0.29) is 11.8 Å². The van der Waals surface area contributed by atoms with E-state index in [9.17, 15) is 4.79 Å². The van der Waals surface area contributed by atoms with E-state index in [0.717, 1.165) is 29.4 Å². The second-order valence-electron chi connectivity index (χ2n) is 4.53. The van der Waals surface area contributed by atoms with Crippen molar-refractivity contribution in [1.29, 1.82) is 0 Å². The molecule has 1 saturated carbocycles. The molecular weight excluding hydrogens is 280 g/mol. The van der Waals surface area contributed by atoms with Crippen LogP contribution in [-0.4, -0.2) is 12.5 Å². The molecule has 1 amide bonds. The number of hydrogen-bond donors (Lipinski definition) is 2. The summed E-state index contributed by atoms with van der Waals surface area (Å²) in [7, 11) is 0. The second kappa shape index (κ2) is 5.65. The van der Waals surface area contributed by atoms with Gasteiger partial charge in [0, 0.05) is 16.1 Å². The van der Waals surface area contributed by atoms with E-state index in [4.69, 9.17) is 5.73 Å². The summed E-state index contributed by atoms with van der Waals surface area (Å²) in [4.78, 5) is 12.1. The molecule has 0 radical (unpaired) electrons. The normalized spacial score (nSPS) is 23.6. The van der Waals surface area contributed by atoms with Crippen LogP contribution in [0, 0.1) is 11.8 Å². The molecule has 3 N–H and O–H groups in total. The molecule has 17 heavy (non-hydrogen) atoms. The smallest absolute Gasteiger partial charge is 0.227 e. The van der Waals surface area contributed by atoms with Crippen LogP contribution in [-0.2, 0) is 4.79 Å². The average Bonchev–Trinajstić information content (AvgIpc) is 2.80. The van der Waals surface area contributed by atoms with Crippen molar-refractivity contribution < 1.29 is 4.79 Å². The first-order valence-electron chi connectivity index (χ1n) is 5.97. The van der Waals surface area contributed by atoms with Gasteiger partial charge in [-0.1, -0.05) is 22.4 Å². The van der Waals surface area contributed by atoms with Crippen molar-refractivity contribution in [2.45, 2.75) is 19.3 Å². The maximum atomic E-state index is 12.1. The van der Waals surface area contributed by atoms with E-state index in [2.05, 4.69) is 21.2 Å². The predicted octanol–water partition coefficient (Wildman–Crippen LogP) is 2.76. The van der Waals surface area contributed by atoms with Crippen LogP contribution in [0.25, 0.3) is 0 Å². The van der Waals surface area contributed by atoms with E-state index >= 15 is 0 Å². The lowest BCUT2D eigenvalue weighted by molar-refractivity contribution is -0.120. The van der Waals surface area contributed by atoms with Crippen molar-refractivity contribution >= 4 is 27.5 Å². The number of carbonyl (C=O) groups is 1. The quantitative estimate of drug-likeness (QED) is 0.901. The molecule has 0 spiro atoms. The number of anilines is 1. The Morgan fingerprint density at radius 2 is 2.06 bits per heavy atom. The zero-order chi connectivity index (χ0) is 12.3. The monoisotopic (exact) mass is 296 g/mol. The van der Waals surface area contributed by atoms with Crippen LogP contribution < -0.4 is 11.1 Å². The molecule has 0 heterocycles. The summed E-state index contributed by atoms with van der Waals surface area (Å²) in [5.41, 5.74) is 6.54. The minimum atomic E-state index is 0.0867. The summed E-state index contributed by atoms with van der Waals surface area (Å²) in [6.07, 6.45) is 3.15. The van der Waals surface area contributed by atoms with Crippen LogP contribution in [0.1, 0.15) is 19.3 Å². The molecule has 0 saturated heterocycles. The van der Waals surface area contributed by atoms with E-state index in [0.29, 0.717) is 12.5 Å². The summed E-state index contributed by atoms with van der Waals surface area (Å²) in [5.74, 6) is 0.550. The first kappa shape index (κ1) is 12.6. The molecule has 2 unspecified atom stereocenters. The van der Waals surface area contributed by atoms with Crippen LogP contribution in [0.3, 0.4) is 0 Å². The number of nitrogens with two attached hydrogens (primary N) is 1. The lowest BCUT2D eigenvalue weighted by atomic mass is 9.95. The molecule has 1 aliphatic carbocycles. The zero-order valence-corrected chi connectivity index (χ0v) is 11.2. The fourth-order valence-electron chi connectivity index (χ4n) is 2.43. The molecule has 2 rings (SSSR count). The van der Waals surface area contributed by atoms with Crippen molar-refractivity contribution in [3.63, 3.8) is 0 Å². The SMILES string of the molecule is NCC1CCCC1C(=O)Nc1ccc(Br)cc1. The third-order valence-electron chi connectivity index (χ3n) is 3.41. The molecular formula is C13H17BrN2O. The fourth-order valence-corrected chi connectivity index (χ4v) is 2.70. The summed E-state index contributed by atoms with van der Waals surface area (Å²) < 4.78 is 1.01. The van der Waals surface area contributed by atoms with Crippen molar-refractivity contribution in [3.8, 4) is 0 Å². The maximum absolute atomic E-state index is 12.1. The zero-order valence-electron chi connectivity index (χ0n) is 9.66. The van der Waals surface area contributed by atoms with E-state index < -0.39 is 0 Å². The number of rotatable bonds is 3. The molecule has 1 aromatic carbocycles. The van der Waals surface area contributed by atoms with Crippen LogP contribution in [0.5, 0.6) is 0 Å². The van der Waals surface area contributed by atoms with Gasteiger partial charge in [0.25, 0.3) is 0 Å². The third kappa shape index (κ3) is 3.07. The first-order valence-corrected chi connectivity index (χ1v) is 6.76. The first-order chi connectivity index (χ1) is 8.20. The standard InChI is InChI=1S/C13H17BrN2O/c14-10-4-6-11(7-5-10)16-13(17)12-3-1-2-9(12)8-15/h4-7,9,12H,1-3,8,15H2,(H,16,17). The highest BCUT2D eigenvalue weighted by molar-refractivity contribution is 9.10. The van der Waals surface area contributed by atoms with Gasteiger partial charge >= 0.3 is 0 Å². The van der Waals surface area contributed by atoms with Gasteiger partial charge in [0.15, 0.2) is 0 Å². The Kier molecular flexibility index (Phi) is 4.18. The Balaban J connectivity index is 1.99. The largest absolute Gasteiger partial charge is 0.330 e. The molecule has 0 bridgehead atoms. The number of hydrogen-bond acceptors (Lipinski definition) is 2. The predicted molar refractivity (Wildman–Crippen MR) is 72.7 cm³/mol. The lowest BCUT2D eigenvalue weighted by Crippen LogP contribution is -2.29. The van der Waals surface area contributed by atoms with Gasteiger partial charge in [0.1, 0.15) is 0 Å². The van der Waals surface area contributed by atoms with Gasteiger partial charge in [-0.15, -0.1) is 0 Å². The number of benzene rings is 1. The molecule has 0 aliphatic heterocycles. The van der Waals surface area contributed by atoms with E-state index in [1.807, 2.05) is 24.3 Å². The van der Waals surface area contributed by atoms with Crippen molar-refractivity contribution in [2.75, 3.05) is 11.9 Å². The average molecular weight is 297 g/mol. The highest BCUT2D eigenvalue weighted by Crippen LogP contribution is 2.31. The molecule has 92 valence electrons. The van der Waals surface area contributed by atoms with Crippen molar-refractivity contribution in [1.82, 2.24) is 0 Å². The van der Waals surface area contributed by atoms with Crippen LogP contribution in [0.2, 0.25) is 0 Å². The van der Waals surface area contributed by atoms with Crippen LogP contribution in [0.4, 0.5) is 5.69 Å². The van der Waals surface area contributed by atoms with Gasteiger partial charge in [-0.3, -0.25) is 4.79 Å². The summed E-state index contributed by atoms with van der Waals surface area (Å²) in [5, 5.41) is 2.96. The summed E-state index contributed by atoms with van der Waals surface area (Å²) >= 11 is 3.37. The Labute approximate surface area is 110 Å². The molecule has 3 nitrogen and oxygen atoms in total. The molecule has 2 atom stereocenters. The van der Waals surface area contributed by atoms with Crippen molar-refractivity contribution in [2.24, 2.45) is 17.6 Å². The van der Waals surface area contributed by atoms with Gasteiger partial charge in [0.05, 0.1) is 0 Å². The highest BCUT2D eigenvalue weighted by atomic mass is 79.9. The minimum Gasteiger partial charge on any atom is -0.330 e. The number of halogens is 1. The number of carbonyl (C=O) groups excluding carboxylic acids is 1. The summed E-state index contributed by atoms with van der Waals surface area (Å²) in [6.45, 7) is 0.610. The lowest BCUT2D eigenvalue weighted by Gasteiger charge is -2.17. The van der Waals surface area contributed by atoms with Gasteiger partial charge < -0.3 is 11.1 Å². The third-order valence-corrected chi connectivity index (χ3v) is 3.94. The van der Waals surface area contributed by atoms with Gasteiger partial charge in [-0.25, -0.2) is 0 Å². The molecule has 1 aromatic rings. The number of nitrogens with one attached hydrogen (secondary N) is 1. The Morgan fingerprint density at radius 1 is 1.35 bits per heavy atom. The fraction of sp³-hybridized carbons (Fsp3) is 0.462. The van der Waals surface area contributed by atoms with Gasteiger partial charge in [-0.05, 0) is 49.6 Å². The van der Waals surface area contributed by atoms with Crippen molar-refractivity contribution in [3.05, 3.63) is 28.7 Å². The molecule has 4 heteroatoms. The van der Waals surface area contributed by atoms with E-state index in [1.165, 1.54) is 0 Å². The summed E-state index contributed by atoms with van der Waals surface area (Å²) in [6, 6.07) is 7.64. The minimum absolute atomic E-state index is 0.0867. The van der Waals surface area contributed by atoms with Gasteiger partial charge in [0.2, 0.25) is 5.91 Å². The molecule has 1 aliphatic rings. The Hall–Kier alpha value is -0.870. The second-order valence-corrected chi connectivity index (χ2v) is 5.44.